The Bertz CT molecular complexity index is 351. The first-order valence-electron chi connectivity index (χ1n) is 5.19. The van der Waals surface area contributed by atoms with E-state index in [1.165, 1.54) is 7.11 Å². The average molecular weight is 242 g/mol. The largest absolute Gasteiger partial charge is 0.496 e. The fourth-order valence-corrected chi connectivity index (χ4v) is 2.92. The Balaban J connectivity index is 3.26. The molecule has 0 radical (unpaired) electrons. The summed E-state index contributed by atoms with van der Waals surface area (Å²) in [5, 5.41) is 0.189. The Morgan fingerprint density at radius 3 is 2.12 bits per heavy atom. The summed E-state index contributed by atoms with van der Waals surface area (Å²) in [5.74, 6) is 0.345. The molecule has 1 aromatic carbocycles. The highest BCUT2D eigenvalue weighted by Gasteiger charge is 2.22. The summed E-state index contributed by atoms with van der Waals surface area (Å²) in [6, 6.07) is 9.07. The van der Waals surface area contributed by atoms with Gasteiger partial charge in [0.15, 0.2) is 0 Å². The summed E-state index contributed by atoms with van der Waals surface area (Å²) in [5.41, 5.74) is 0.724. The van der Waals surface area contributed by atoms with Crippen LogP contribution in [-0.4, -0.2) is 22.3 Å². The van der Waals surface area contributed by atoms with Gasteiger partial charge >= 0.3 is 0 Å². The summed E-state index contributed by atoms with van der Waals surface area (Å²) in [7, 11) is -0.138. The van der Waals surface area contributed by atoms with Crippen LogP contribution in [0.1, 0.15) is 5.56 Å². The Morgan fingerprint density at radius 2 is 1.75 bits per heavy atom. The number of ether oxygens (including phenoxy) is 1. The third-order valence-electron chi connectivity index (χ3n) is 2.36. The van der Waals surface area contributed by atoms with Crippen molar-refractivity contribution in [3.63, 3.8) is 0 Å². The lowest BCUT2D eigenvalue weighted by atomic mass is 10.2. The van der Waals surface area contributed by atoms with Gasteiger partial charge in [0.25, 0.3) is 6.43 Å². The van der Waals surface area contributed by atoms with Crippen molar-refractivity contribution in [1.29, 1.82) is 0 Å². The van der Waals surface area contributed by atoms with Crippen molar-refractivity contribution >= 4 is 14.6 Å². The predicted octanol–water partition coefficient (Wildman–Crippen LogP) is 3.34. The van der Waals surface area contributed by atoms with E-state index in [0.717, 1.165) is 5.56 Å². The third kappa shape index (κ3) is 2.92. The maximum atomic E-state index is 13.0. The second-order valence-electron chi connectivity index (χ2n) is 3.81. The van der Waals surface area contributed by atoms with Gasteiger partial charge in [-0.25, -0.2) is 8.78 Å². The summed E-state index contributed by atoms with van der Waals surface area (Å²) >= 11 is 0. The zero-order valence-electron chi connectivity index (χ0n) is 9.71. The van der Waals surface area contributed by atoms with E-state index in [-0.39, 0.29) is 5.20 Å². The van der Waals surface area contributed by atoms with E-state index in [1.807, 2.05) is 31.3 Å². The van der Waals surface area contributed by atoms with Gasteiger partial charge in [0.05, 0.1) is 15.9 Å². The van der Waals surface area contributed by atoms with E-state index in [4.69, 9.17) is 4.74 Å². The first-order valence-corrected chi connectivity index (χ1v) is 8.08. The van der Waals surface area contributed by atoms with Crippen LogP contribution < -0.4 is 0 Å². The quantitative estimate of drug-likeness (QED) is 0.581. The lowest BCUT2D eigenvalue weighted by Gasteiger charge is -2.16. The Labute approximate surface area is 96.4 Å². The Morgan fingerprint density at radius 1 is 1.19 bits per heavy atom. The molecule has 0 amide bonds. The van der Waals surface area contributed by atoms with Gasteiger partial charge in [0, 0.05) is 10.8 Å². The molecular formula is C12H16F2OSi. The van der Waals surface area contributed by atoms with Gasteiger partial charge in [-0.2, -0.15) is 0 Å². The molecule has 4 heteroatoms. The molecule has 1 rings (SSSR count). The highest BCUT2D eigenvalue weighted by atomic mass is 28.3. The van der Waals surface area contributed by atoms with Gasteiger partial charge in [-0.1, -0.05) is 43.4 Å². The topological polar surface area (TPSA) is 9.23 Å². The van der Waals surface area contributed by atoms with Crippen LogP contribution in [0.4, 0.5) is 8.78 Å². The smallest absolute Gasteiger partial charge is 0.259 e. The minimum Gasteiger partial charge on any atom is -0.496 e. The summed E-state index contributed by atoms with van der Waals surface area (Å²) in [6.07, 6.45) is -2.43. The molecule has 0 aromatic heterocycles. The first-order chi connectivity index (χ1) is 7.57. The van der Waals surface area contributed by atoms with Crippen LogP contribution in [0.5, 0.6) is 0 Å². The van der Waals surface area contributed by atoms with Crippen LogP contribution in [0, 0.1) is 0 Å². The molecule has 0 spiro atoms. The van der Waals surface area contributed by atoms with Crippen molar-refractivity contribution in [1.82, 2.24) is 0 Å². The molecule has 1 aromatic rings. The van der Waals surface area contributed by atoms with Gasteiger partial charge in [-0.05, 0) is 0 Å². The normalized spacial score (nSPS) is 12.9. The van der Waals surface area contributed by atoms with Crippen LogP contribution in [-0.2, 0) is 4.74 Å². The van der Waals surface area contributed by atoms with Crippen LogP contribution in [0.15, 0.2) is 35.5 Å². The van der Waals surface area contributed by atoms with Crippen molar-refractivity contribution in [2.45, 2.75) is 19.5 Å². The number of rotatable bonds is 4. The number of allylic oxidation sites excluding steroid dienone is 1. The second kappa shape index (κ2) is 5.79. The molecule has 16 heavy (non-hydrogen) atoms. The van der Waals surface area contributed by atoms with Crippen molar-refractivity contribution < 1.29 is 13.5 Å². The minimum atomic E-state index is -2.43. The van der Waals surface area contributed by atoms with Gasteiger partial charge < -0.3 is 4.74 Å². The molecule has 0 unspecified atom stereocenters. The molecule has 0 heterocycles. The van der Waals surface area contributed by atoms with E-state index >= 15 is 0 Å². The zero-order valence-corrected chi connectivity index (χ0v) is 10.9. The maximum Gasteiger partial charge on any atom is 0.259 e. The van der Waals surface area contributed by atoms with Crippen LogP contribution in [0.3, 0.4) is 0 Å². The maximum absolute atomic E-state index is 13.0. The number of hydrogen-bond donors (Lipinski definition) is 0. The van der Waals surface area contributed by atoms with Crippen molar-refractivity contribution in [2.75, 3.05) is 7.11 Å². The number of methoxy groups -OCH3 is 1. The van der Waals surface area contributed by atoms with Gasteiger partial charge in [-0.3, -0.25) is 0 Å². The zero-order chi connectivity index (χ0) is 12.1. The minimum absolute atomic E-state index is 0.189. The van der Waals surface area contributed by atoms with E-state index in [9.17, 15) is 8.78 Å². The van der Waals surface area contributed by atoms with Crippen LogP contribution >= 0.6 is 0 Å². The molecule has 0 N–H and O–H groups in total. The average Bonchev–Trinajstić information content (AvgIpc) is 2.25. The number of halogens is 2. The molecule has 0 saturated carbocycles. The van der Waals surface area contributed by atoms with Crippen molar-refractivity contribution in [3.05, 3.63) is 41.1 Å². The summed E-state index contributed by atoms with van der Waals surface area (Å²) < 4.78 is 31.1. The van der Waals surface area contributed by atoms with Gasteiger partial charge in [0.2, 0.25) is 0 Å². The molecule has 0 aliphatic heterocycles. The summed E-state index contributed by atoms with van der Waals surface area (Å²) in [4.78, 5) is 0. The molecular weight excluding hydrogens is 226 g/mol. The molecule has 0 bridgehead atoms. The molecule has 0 fully saturated rings. The van der Waals surface area contributed by atoms with Crippen LogP contribution in [0.25, 0.3) is 5.76 Å². The lowest BCUT2D eigenvalue weighted by molar-refractivity contribution is 0.194. The van der Waals surface area contributed by atoms with Crippen molar-refractivity contribution in [2.24, 2.45) is 0 Å². The molecule has 0 atom stereocenters. The number of hydrogen-bond acceptors (Lipinski definition) is 1. The first kappa shape index (κ1) is 12.9. The van der Waals surface area contributed by atoms with E-state index < -0.39 is 15.2 Å². The monoisotopic (exact) mass is 242 g/mol. The fourth-order valence-electron chi connectivity index (χ4n) is 1.61. The SMILES string of the molecule is COC(=C(C(F)F)[SiH](C)C)c1ccccc1. The number of alkyl halides is 2. The van der Waals surface area contributed by atoms with E-state index in [1.54, 1.807) is 12.1 Å². The summed E-state index contributed by atoms with van der Waals surface area (Å²) in [6.45, 7) is 3.76. The highest BCUT2D eigenvalue weighted by molar-refractivity contribution is 6.65. The molecule has 88 valence electrons. The van der Waals surface area contributed by atoms with E-state index in [0.29, 0.717) is 5.76 Å². The van der Waals surface area contributed by atoms with Gasteiger partial charge in [0.1, 0.15) is 5.76 Å². The van der Waals surface area contributed by atoms with Gasteiger partial charge in [-0.15, -0.1) is 0 Å². The van der Waals surface area contributed by atoms with E-state index in [2.05, 4.69) is 0 Å². The molecule has 0 aliphatic carbocycles. The fraction of sp³-hybridized carbons (Fsp3) is 0.333. The van der Waals surface area contributed by atoms with Crippen molar-refractivity contribution in [3.8, 4) is 0 Å². The molecule has 0 aliphatic rings. The molecule has 0 saturated heterocycles. The lowest BCUT2D eigenvalue weighted by Crippen LogP contribution is -2.17. The second-order valence-corrected chi connectivity index (χ2v) is 6.74. The molecule has 1 nitrogen and oxygen atoms in total. The Kier molecular flexibility index (Phi) is 4.67. The Hall–Kier alpha value is -1.16. The standard InChI is InChI=1S/C12H16F2OSi/c1-15-10(9-7-5-4-6-8-9)11(12(13)14)16(2)3/h4-8,12,16H,1-3H3. The van der Waals surface area contributed by atoms with Crippen LogP contribution in [0.2, 0.25) is 13.1 Å². The number of benzene rings is 1. The third-order valence-corrected chi connectivity index (χ3v) is 4.12. The highest BCUT2D eigenvalue weighted by Crippen LogP contribution is 2.25. The predicted molar refractivity (Wildman–Crippen MR) is 65.3 cm³/mol.